The van der Waals surface area contributed by atoms with Gasteiger partial charge in [0.1, 0.15) is 0 Å². The van der Waals surface area contributed by atoms with Crippen LogP contribution in [0.5, 0.6) is 0 Å². The molecule has 2 aromatic carbocycles. The fourth-order valence-corrected chi connectivity index (χ4v) is 5.54. The monoisotopic (exact) mass is 375 g/mol. The highest BCUT2D eigenvalue weighted by atomic mass is 31.2. The smallest absolute Gasteiger partial charge is 0.307 e. The van der Waals surface area contributed by atoms with E-state index >= 15 is 0 Å². The Morgan fingerprint density at radius 2 is 1.31 bits per heavy atom. The van der Waals surface area contributed by atoms with Crippen molar-refractivity contribution >= 4 is 7.60 Å². The van der Waals surface area contributed by atoms with E-state index < -0.39 is 12.9 Å². The van der Waals surface area contributed by atoms with Gasteiger partial charge in [-0.05, 0) is 37.9 Å². The fourth-order valence-electron chi connectivity index (χ4n) is 3.16. The summed E-state index contributed by atoms with van der Waals surface area (Å²) in [6.07, 6.45) is 2.01. The lowest BCUT2D eigenvalue weighted by atomic mass is 9.97. The van der Waals surface area contributed by atoms with Crippen molar-refractivity contribution in [1.82, 2.24) is 5.32 Å². The first-order chi connectivity index (χ1) is 12.6. The highest BCUT2D eigenvalue weighted by molar-refractivity contribution is 7.55. The van der Waals surface area contributed by atoms with Crippen LogP contribution in [0.15, 0.2) is 60.7 Å². The Morgan fingerprint density at radius 3 is 1.69 bits per heavy atom. The first-order valence-corrected chi connectivity index (χ1v) is 10.9. The zero-order valence-corrected chi connectivity index (χ0v) is 16.9. The van der Waals surface area contributed by atoms with Gasteiger partial charge in [0.05, 0.1) is 13.2 Å². The van der Waals surface area contributed by atoms with Gasteiger partial charge < -0.3 is 9.05 Å². The third-order valence-corrected chi connectivity index (χ3v) is 7.00. The van der Waals surface area contributed by atoms with Crippen molar-refractivity contribution in [2.45, 2.75) is 38.9 Å². The fraction of sp³-hybridized carbons (Fsp3) is 0.429. The molecule has 0 aliphatic heterocycles. The number of unbranched alkanes of at least 4 members (excludes halogenated alkanes) is 1. The lowest BCUT2D eigenvalue weighted by Gasteiger charge is -2.40. The summed E-state index contributed by atoms with van der Waals surface area (Å²) in [6, 6.07) is 19.7. The minimum Gasteiger partial charge on any atom is -0.307 e. The van der Waals surface area contributed by atoms with Gasteiger partial charge in [-0.3, -0.25) is 9.88 Å². The minimum absolute atomic E-state index is 0.314. The molecule has 0 saturated heterocycles. The largest absolute Gasteiger partial charge is 0.359 e. The van der Waals surface area contributed by atoms with Gasteiger partial charge in [-0.1, -0.05) is 74.0 Å². The van der Waals surface area contributed by atoms with Gasteiger partial charge >= 0.3 is 7.60 Å². The number of rotatable bonds is 11. The summed E-state index contributed by atoms with van der Waals surface area (Å²) in [6.45, 7) is 7.17. The molecule has 0 radical (unpaired) electrons. The molecule has 0 atom stereocenters. The Morgan fingerprint density at radius 1 is 0.846 bits per heavy atom. The molecule has 2 aromatic rings. The first kappa shape index (κ1) is 20.9. The molecule has 0 saturated carbocycles. The van der Waals surface area contributed by atoms with E-state index in [2.05, 4.69) is 12.2 Å². The predicted molar refractivity (Wildman–Crippen MR) is 107 cm³/mol. The molecule has 0 unspecified atom stereocenters. The summed E-state index contributed by atoms with van der Waals surface area (Å²) in [5.74, 6) is 0. The normalized spacial score (nSPS) is 12.3. The maximum Gasteiger partial charge on any atom is 0.359 e. The van der Waals surface area contributed by atoms with E-state index in [1.165, 1.54) is 0 Å². The van der Waals surface area contributed by atoms with Crippen molar-refractivity contribution in [1.29, 1.82) is 0 Å². The second-order valence-corrected chi connectivity index (χ2v) is 8.24. The van der Waals surface area contributed by atoms with E-state index in [-0.39, 0.29) is 0 Å². The van der Waals surface area contributed by atoms with Crippen LogP contribution in [0.4, 0.5) is 0 Å². The van der Waals surface area contributed by atoms with Gasteiger partial charge in [-0.2, -0.15) is 0 Å². The Bertz CT molecular complexity index is 641. The second-order valence-electron chi connectivity index (χ2n) is 6.06. The summed E-state index contributed by atoms with van der Waals surface area (Å²) < 4.78 is 25.8. The molecule has 0 aliphatic rings. The summed E-state index contributed by atoms with van der Waals surface area (Å²) in [5, 5.41) is 2.52. The third kappa shape index (κ3) is 4.27. The molecule has 0 aromatic heterocycles. The summed E-state index contributed by atoms with van der Waals surface area (Å²) in [4.78, 5) is 0. The standard InChI is InChI=1S/C21H30NO3P/c1-4-7-18-22-21(19-14-10-8-11-15-19,20-16-12-9-13-17-20)26(23,24-5-2)25-6-3/h8-17,22H,4-7,18H2,1-3H3. The van der Waals surface area contributed by atoms with Gasteiger partial charge in [0.2, 0.25) is 0 Å². The maximum absolute atomic E-state index is 14.1. The molecule has 0 aliphatic carbocycles. The van der Waals surface area contributed by atoms with Crippen molar-refractivity contribution in [3.63, 3.8) is 0 Å². The van der Waals surface area contributed by atoms with Crippen LogP contribution in [0.25, 0.3) is 0 Å². The molecule has 0 spiro atoms. The van der Waals surface area contributed by atoms with Gasteiger partial charge in [0.15, 0.2) is 5.28 Å². The number of nitrogens with one attached hydrogen (secondary N) is 1. The third-order valence-electron chi connectivity index (χ3n) is 4.30. The predicted octanol–water partition coefficient (Wildman–Crippen LogP) is 5.54. The number of hydrogen-bond acceptors (Lipinski definition) is 4. The van der Waals surface area contributed by atoms with Gasteiger partial charge in [0, 0.05) is 0 Å². The van der Waals surface area contributed by atoms with Crippen LogP contribution >= 0.6 is 7.60 Å². The lowest BCUT2D eigenvalue weighted by molar-refractivity contribution is 0.193. The molecular weight excluding hydrogens is 345 g/mol. The Hall–Kier alpha value is -1.45. The Labute approximate surface area is 157 Å². The highest BCUT2D eigenvalue weighted by Gasteiger charge is 2.53. The molecule has 26 heavy (non-hydrogen) atoms. The molecule has 5 heteroatoms. The summed E-state index contributed by atoms with van der Waals surface area (Å²) in [5.41, 5.74) is 1.76. The summed E-state index contributed by atoms with van der Waals surface area (Å²) >= 11 is 0. The molecule has 1 N–H and O–H groups in total. The van der Waals surface area contributed by atoms with Crippen LogP contribution in [0, 0.1) is 0 Å². The van der Waals surface area contributed by atoms with Crippen LogP contribution in [0.3, 0.4) is 0 Å². The molecule has 4 nitrogen and oxygen atoms in total. The van der Waals surface area contributed by atoms with Crippen molar-refractivity contribution in [3.05, 3.63) is 71.8 Å². The number of hydrogen-bond donors (Lipinski definition) is 1. The SMILES string of the molecule is CCCCNC(c1ccccc1)(c1ccccc1)P(=O)(OCC)OCC. The molecule has 0 fully saturated rings. The van der Waals surface area contributed by atoms with Gasteiger partial charge in [0.25, 0.3) is 0 Å². The quantitative estimate of drug-likeness (QED) is 0.414. The van der Waals surface area contributed by atoms with E-state index in [1.807, 2.05) is 74.5 Å². The molecule has 142 valence electrons. The van der Waals surface area contributed by atoms with Crippen LogP contribution in [0.2, 0.25) is 0 Å². The molecule has 2 rings (SSSR count). The minimum atomic E-state index is -3.56. The van der Waals surface area contributed by atoms with Crippen molar-refractivity contribution in [2.24, 2.45) is 0 Å². The second kappa shape index (κ2) is 10.0. The molecule has 0 heterocycles. The average molecular weight is 375 g/mol. The van der Waals surface area contributed by atoms with E-state index in [9.17, 15) is 4.57 Å². The number of benzene rings is 2. The van der Waals surface area contributed by atoms with E-state index in [0.717, 1.165) is 24.0 Å². The van der Waals surface area contributed by atoms with Crippen LogP contribution < -0.4 is 5.32 Å². The summed E-state index contributed by atoms with van der Waals surface area (Å²) in [7, 11) is -3.56. The molecular formula is C21H30NO3P. The Balaban J connectivity index is 2.72. The topological polar surface area (TPSA) is 47.6 Å². The van der Waals surface area contributed by atoms with Crippen molar-refractivity contribution in [2.75, 3.05) is 19.8 Å². The Kier molecular flexibility index (Phi) is 8.05. The first-order valence-electron chi connectivity index (χ1n) is 9.39. The zero-order valence-electron chi connectivity index (χ0n) is 16.0. The highest BCUT2D eigenvalue weighted by Crippen LogP contribution is 2.66. The van der Waals surface area contributed by atoms with E-state index in [1.54, 1.807) is 0 Å². The van der Waals surface area contributed by atoms with Crippen LogP contribution in [-0.2, 0) is 18.9 Å². The average Bonchev–Trinajstić information content (AvgIpc) is 2.67. The van der Waals surface area contributed by atoms with Gasteiger partial charge in [-0.15, -0.1) is 0 Å². The van der Waals surface area contributed by atoms with E-state index in [0.29, 0.717) is 19.8 Å². The van der Waals surface area contributed by atoms with E-state index in [4.69, 9.17) is 9.05 Å². The lowest BCUT2D eigenvalue weighted by Crippen LogP contribution is -2.45. The van der Waals surface area contributed by atoms with Crippen molar-refractivity contribution in [3.8, 4) is 0 Å². The molecule has 0 amide bonds. The maximum atomic E-state index is 14.1. The van der Waals surface area contributed by atoms with Crippen LogP contribution in [0.1, 0.15) is 44.7 Å². The van der Waals surface area contributed by atoms with Crippen LogP contribution in [-0.4, -0.2) is 19.8 Å². The van der Waals surface area contributed by atoms with Crippen molar-refractivity contribution < 1.29 is 13.6 Å². The van der Waals surface area contributed by atoms with Gasteiger partial charge in [-0.25, -0.2) is 0 Å². The molecule has 0 bridgehead atoms. The zero-order chi connectivity index (χ0) is 18.9.